The van der Waals surface area contributed by atoms with Gasteiger partial charge in [0.1, 0.15) is 0 Å². The summed E-state index contributed by atoms with van der Waals surface area (Å²) < 4.78 is 28.6. The molecular weight excluding hydrogens is 184 g/mol. The van der Waals surface area contributed by atoms with Crippen molar-refractivity contribution in [1.29, 1.82) is 0 Å². The Kier molecular flexibility index (Phi) is 4.79. The van der Waals surface area contributed by atoms with Gasteiger partial charge in [-0.15, -0.1) is 0 Å². The summed E-state index contributed by atoms with van der Waals surface area (Å²) in [6.07, 6.45) is 0. The fourth-order valence-corrected chi connectivity index (χ4v) is 0.903. The summed E-state index contributed by atoms with van der Waals surface area (Å²) in [5.74, 6) is -0.760. The van der Waals surface area contributed by atoms with Crippen molar-refractivity contribution in [3.63, 3.8) is 0 Å². The molecule has 0 aromatic carbocycles. The van der Waals surface area contributed by atoms with Crippen molar-refractivity contribution in [2.75, 3.05) is 25.9 Å². The highest BCUT2D eigenvalue weighted by Crippen LogP contribution is 1.78. The Morgan fingerprint density at radius 1 is 1.50 bits per heavy atom. The first-order valence-corrected chi connectivity index (χ1v) is 4.93. The smallest absolute Gasteiger partial charge is 0.266 e. The van der Waals surface area contributed by atoms with E-state index in [1.807, 2.05) is 0 Å². The number of carbonyl (C=O) groups is 1. The summed E-state index contributed by atoms with van der Waals surface area (Å²) in [7, 11) is -2.37. The first-order chi connectivity index (χ1) is 5.45. The summed E-state index contributed by atoms with van der Waals surface area (Å²) in [5.41, 5.74) is 0. The largest absolute Gasteiger partial charge is 0.354 e. The van der Waals surface area contributed by atoms with Crippen molar-refractivity contribution in [3.05, 3.63) is 0 Å². The third-order valence-electron chi connectivity index (χ3n) is 1.02. The van der Waals surface area contributed by atoms with Crippen molar-refractivity contribution in [2.24, 2.45) is 0 Å². The van der Waals surface area contributed by atoms with Crippen LogP contribution in [0.25, 0.3) is 0 Å². The maximum atomic E-state index is 10.7. The molecule has 0 heterocycles. The van der Waals surface area contributed by atoms with E-state index in [2.05, 4.69) is 10.6 Å². The van der Waals surface area contributed by atoms with Crippen molar-refractivity contribution < 1.29 is 17.8 Å². The van der Waals surface area contributed by atoms with Crippen LogP contribution in [0.1, 0.15) is 0 Å². The van der Waals surface area contributed by atoms with E-state index in [4.69, 9.17) is 4.55 Å². The van der Waals surface area contributed by atoms with Crippen LogP contribution < -0.4 is 10.6 Å². The van der Waals surface area contributed by atoms with Crippen molar-refractivity contribution >= 4 is 16.0 Å². The van der Waals surface area contributed by atoms with Gasteiger partial charge < -0.3 is 10.6 Å². The third kappa shape index (κ3) is 7.45. The van der Waals surface area contributed by atoms with Gasteiger partial charge in [-0.3, -0.25) is 9.35 Å². The lowest BCUT2D eigenvalue weighted by molar-refractivity contribution is -0.120. The van der Waals surface area contributed by atoms with E-state index in [9.17, 15) is 13.2 Å². The molecular formula is C5H12N2O4S. The molecule has 0 fully saturated rings. The molecule has 0 aliphatic rings. The molecule has 0 rings (SSSR count). The second kappa shape index (κ2) is 5.07. The van der Waals surface area contributed by atoms with Crippen LogP contribution in [0.15, 0.2) is 0 Å². The highest BCUT2D eigenvalue weighted by molar-refractivity contribution is 7.85. The Hall–Kier alpha value is -0.660. The fraction of sp³-hybridized carbons (Fsp3) is 0.800. The van der Waals surface area contributed by atoms with E-state index in [1.165, 1.54) is 0 Å². The van der Waals surface area contributed by atoms with Gasteiger partial charge in [-0.05, 0) is 7.05 Å². The SMILES string of the molecule is CNCC(=O)NCCS(=O)(=O)O. The van der Waals surface area contributed by atoms with Gasteiger partial charge in [0.25, 0.3) is 10.1 Å². The van der Waals surface area contributed by atoms with Gasteiger partial charge in [0.2, 0.25) is 5.91 Å². The summed E-state index contributed by atoms with van der Waals surface area (Å²) in [6, 6.07) is 0. The minimum absolute atomic E-state index is 0.0701. The Balaban J connectivity index is 3.51. The molecule has 12 heavy (non-hydrogen) atoms. The molecule has 0 spiro atoms. The molecule has 6 nitrogen and oxygen atoms in total. The molecule has 0 bridgehead atoms. The standard InChI is InChI=1S/C5H12N2O4S/c1-6-4-5(8)7-2-3-12(9,10)11/h6H,2-4H2,1H3,(H,7,8)(H,9,10,11). The van der Waals surface area contributed by atoms with E-state index in [1.54, 1.807) is 7.05 Å². The average molecular weight is 196 g/mol. The summed E-state index contributed by atoms with van der Waals surface area (Å²) in [6.45, 7) is 0.0603. The third-order valence-corrected chi connectivity index (χ3v) is 1.74. The molecule has 1 amide bonds. The van der Waals surface area contributed by atoms with Gasteiger partial charge in [-0.1, -0.05) is 0 Å². The van der Waals surface area contributed by atoms with Gasteiger partial charge in [0, 0.05) is 6.54 Å². The van der Waals surface area contributed by atoms with Gasteiger partial charge in [0.15, 0.2) is 0 Å². The fourth-order valence-electron chi connectivity index (χ4n) is 0.542. The van der Waals surface area contributed by atoms with Crippen LogP contribution in [0.2, 0.25) is 0 Å². The number of amides is 1. The van der Waals surface area contributed by atoms with Crippen LogP contribution in [0, 0.1) is 0 Å². The number of likely N-dealkylation sites (N-methyl/N-ethyl adjacent to an activating group) is 1. The summed E-state index contributed by atoms with van der Waals surface area (Å²) >= 11 is 0. The highest BCUT2D eigenvalue weighted by atomic mass is 32.2. The number of rotatable bonds is 5. The predicted octanol–water partition coefficient (Wildman–Crippen LogP) is -1.79. The minimum atomic E-state index is -3.97. The van der Waals surface area contributed by atoms with Crippen molar-refractivity contribution in [2.45, 2.75) is 0 Å². The monoisotopic (exact) mass is 196 g/mol. The van der Waals surface area contributed by atoms with Gasteiger partial charge in [0.05, 0.1) is 12.3 Å². The number of carbonyl (C=O) groups excluding carboxylic acids is 1. The van der Waals surface area contributed by atoms with Crippen molar-refractivity contribution in [3.8, 4) is 0 Å². The minimum Gasteiger partial charge on any atom is -0.354 e. The molecule has 0 unspecified atom stereocenters. The van der Waals surface area contributed by atoms with E-state index >= 15 is 0 Å². The number of hydrogen-bond acceptors (Lipinski definition) is 4. The molecule has 0 aliphatic carbocycles. The molecule has 3 N–H and O–H groups in total. The number of nitrogens with one attached hydrogen (secondary N) is 2. The van der Waals surface area contributed by atoms with Crippen LogP contribution in [0.5, 0.6) is 0 Å². The second-order valence-electron chi connectivity index (χ2n) is 2.17. The first-order valence-electron chi connectivity index (χ1n) is 3.32. The van der Waals surface area contributed by atoms with Crippen molar-refractivity contribution in [1.82, 2.24) is 10.6 Å². The molecule has 0 atom stereocenters. The van der Waals surface area contributed by atoms with Crippen LogP contribution in [0.4, 0.5) is 0 Å². The zero-order valence-electron chi connectivity index (χ0n) is 6.70. The topological polar surface area (TPSA) is 95.5 Å². The molecule has 72 valence electrons. The molecule has 0 radical (unpaired) electrons. The van der Waals surface area contributed by atoms with Crippen LogP contribution >= 0.6 is 0 Å². The normalized spacial score (nSPS) is 11.2. The van der Waals surface area contributed by atoms with Crippen LogP contribution in [-0.4, -0.2) is 44.8 Å². The zero-order chi connectivity index (χ0) is 9.61. The van der Waals surface area contributed by atoms with Crippen LogP contribution in [0.3, 0.4) is 0 Å². The summed E-state index contributed by atoms with van der Waals surface area (Å²) in [5, 5.41) is 4.89. The molecule has 0 saturated carbocycles. The van der Waals surface area contributed by atoms with Gasteiger partial charge >= 0.3 is 0 Å². The highest BCUT2D eigenvalue weighted by Gasteiger charge is 2.04. The van der Waals surface area contributed by atoms with E-state index in [0.29, 0.717) is 0 Å². The van der Waals surface area contributed by atoms with Gasteiger partial charge in [-0.2, -0.15) is 8.42 Å². The van der Waals surface area contributed by atoms with Gasteiger partial charge in [-0.25, -0.2) is 0 Å². The Bertz CT molecular complexity index is 236. The zero-order valence-corrected chi connectivity index (χ0v) is 7.52. The van der Waals surface area contributed by atoms with E-state index in [-0.39, 0.29) is 19.0 Å². The molecule has 0 aromatic heterocycles. The lowest BCUT2D eigenvalue weighted by Gasteiger charge is -2.01. The molecule has 7 heteroatoms. The molecule has 0 aliphatic heterocycles. The Labute approximate surface area is 71.1 Å². The molecule has 0 saturated heterocycles. The van der Waals surface area contributed by atoms with Crippen LogP contribution in [-0.2, 0) is 14.9 Å². The maximum absolute atomic E-state index is 10.7. The Morgan fingerprint density at radius 3 is 2.50 bits per heavy atom. The Morgan fingerprint density at radius 2 is 2.08 bits per heavy atom. The lowest BCUT2D eigenvalue weighted by atomic mass is 10.5. The van der Waals surface area contributed by atoms with E-state index < -0.39 is 15.9 Å². The maximum Gasteiger partial charge on any atom is 0.266 e. The summed E-state index contributed by atoms with van der Waals surface area (Å²) in [4.78, 5) is 10.7. The predicted molar refractivity (Wildman–Crippen MR) is 43.4 cm³/mol. The van der Waals surface area contributed by atoms with E-state index in [0.717, 1.165) is 0 Å². The first kappa shape index (κ1) is 11.3. The quantitative estimate of drug-likeness (QED) is 0.451. The molecule has 0 aromatic rings. The number of hydrogen-bond donors (Lipinski definition) is 3. The second-order valence-corrected chi connectivity index (χ2v) is 3.74. The lowest BCUT2D eigenvalue weighted by Crippen LogP contribution is -2.35. The average Bonchev–Trinajstić information content (AvgIpc) is 1.84.